The van der Waals surface area contributed by atoms with E-state index in [0.29, 0.717) is 10.6 Å². The van der Waals surface area contributed by atoms with E-state index in [0.717, 1.165) is 4.90 Å². The molecule has 0 saturated carbocycles. The zero-order chi connectivity index (χ0) is 10.6. The third-order valence-electron chi connectivity index (χ3n) is 1.59. The van der Waals surface area contributed by atoms with Crippen LogP contribution in [0.15, 0.2) is 23.1 Å². The second-order valence-electron chi connectivity index (χ2n) is 2.41. The summed E-state index contributed by atoms with van der Waals surface area (Å²) in [6.07, 6.45) is 3.46. The number of amides is 1. The molecule has 0 spiro atoms. The van der Waals surface area contributed by atoms with Gasteiger partial charge in [-0.3, -0.25) is 10.1 Å². The Hall–Kier alpha value is -1.18. The zero-order valence-corrected chi connectivity index (χ0v) is 8.95. The minimum absolute atomic E-state index is 0.320. The molecule has 1 rings (SSSR count). The molecule has 0 aliphatic heterocycles. The first-order valence-corrected chi connectivity index (χ1v) is 5.32. The first-order chi connectivity index (χ1) is 6.69. The highest BCUT2D eigenvalue weighted by Gasteiger charge is 2.10. The fraction of sp³-hybridized carbons (Fsp3) is 0.111. The molecular weight excluding hydrogens is 220 g/mol. The summed E-state index contributed by atoms with van der Waals surface area (Å²) in [7, 11) is 0. The van der Waals surface area contributed by atoms with E-state index < -0.39 is 5.91 Å². The van der Waals surface area contributed by atoms with Crippen LogP contribution in [0.1, 0.15) is 10.4 Å². The summed E-state index contributed by atoms with van der Waals surface area (Å²) in [6.45, 7) is 0. The van der Waals surface area contributed by atoms with Crippen molar-refractivity contribution in [3.05, 3.63) is 28.8 Å². The highest BCUT2D eigenvalue weighted by Crippen LogP contribution is 2.22. The second kappa shape index (κ2) is 4.89. The predicted octanol–water partition coefficient (Wildman–Crippen LogP) is 2.27. The maximum absolute atomic E-state index is 11.3. The van der Waals surface area contributed by atoms with Crippen LogP contribution >= 0.6 is 23.4 Å². The molecule has 1 aromatic rings. The number of hydrogen-bond acceptors (Lipinski definition) is 3. The van der Waals surface area contributed by atoms with E-state index in [1.165, 1.54) is 11.8 Å². The third-order valence-corrected chi connectivity index (χ3v) is 2.64. The number of benzene rings is 1. The van der Waals surface area contributed by atoms with Crippen molar-refractivity contribution in [1.29, 1.82) is 5.26 Å². The summed E-state index contributed by atoms with van der Waals surface area (Å²) in [5.41, 5.74) is 0.320. The van der Waals surface area contributed by atoms with Gasteiger partial charge < -0.3 is 0 Å². The number of thioether (sulfide) groups is 1. The number of nitrogens with zero attached hydrogens (tertiary/aromatic N) is 1. The lowest BCUT2D eigenvalue weighted by molar-refractivity contribution is 0.0973. The van der Waals surface area contributed by atoms with Crippen molar-refractivity contribution in [2.75, 3.05) is 6.26 Å². The molecular formula is C9H7ClN2OS. The predicted molar refractivity (Wildman–Crippen MR) is 56.3 cm³/mol. The molecule has 0 aliphatic carbocycles. The molecule has 0 heterocycles. The lowest BCUT2D eigenvalue weighted by atomic mass is 10.2. The smallest absolute Gasteiger partial charge is 0.265 e. The highest BCUT2D eigenvalue weighted by molar-refractivity contribution is 7.98. The molecule has 0 fully saturated rings. The summed E-state index contributed by atoms with van der Waals surface area (Å²) in [4.78, 5) is 12.2. The minimum Gasteiger partial charge on any atom is -0.268 e. The molecule has 1 aromatic carbocycles. The van der Waals surface area contributed by atoms with Crippen LogP contribution in [0.3, 0.4) is 0 Å². The molecule has 0 aliphatic rings. The summed E-state index contributed by atoms with van der Waals surface area (Å²) in [5, 5.41) is 10.7. The summed E-state index contributed by atoms with van der Waals surface area (Å²) >= 11 is 7.31. The van der Waals surface area contributed by atoms with Gasteiger partial charge in [-0.05, 0) is 24.5 Å². The molecule has 0 bridgehead atoms. The average Bonchev–Trinajstić information content (AvgIpc) is 2.19. The van der Waals surface area contributed by atoms with Gasteiger partial charge in [0.05, 0.1) is 10.6 Å². The SMILES string of the molecule is CSc1ccc(Cl)c(C(=O)NC#N)c1. The van der Waals surface area contributed by atoms with Crippen LogP contribution in [-0.4, -0.2) is 12.2 Å². The van der Waals surface area contributed by atoms with Gasteiger partial charge in [-0.15, -0.1) is 11.8 Å². The van der Waals surface area contributed by atoms with E-state index >= 15 is 0 Å². The normalized spacial score (nSPS) is 9.21. The van der Waals surface area contributed by atoms with Gasteiger partial charge in [-0.25, -0.2) is 0 Å². The van der Waals surface area contributed by atoms with Gasteiger partial charge in [-0.2, -0.15) is 5.26 Å². The number of rotatable bonds is 2. The largest absolute Gasteiger partial charge is 0.268 e. The number of nitriles is 1. The number of hydrogen-bond donors (Lipinski definition) is 1. The van der Waals surface area contributed by atoms with Gasteiger partial charge in [0, 0.05) is 4.90 Å². The Bertz CT molecular complexity index is 400. The molecule has 14 heavy (non-hydrogen) atoms. The molecule has 0 atom stereocenters. The van der Waals surface area contributed by atoms with Crippen molar-refractivity contribution in [3.8, 4) is 6.19 Å². The van der Waals surface area contributed by atoms with E-state index in [1.54, 1.807) is 18.3 Å². The Morgan fingerprint density at radius 1 is 1.64 bits per heavy atom. The first kappa shape index (κ1) is 10.9. The van der Waals surface area contributed by atoms with Gasteiger partial charge in [0.1, 0.15) is 0 Å². The van der Waals surface area contributed by atoms with Crippen LogP contribution in [0.4, 0.5) is 0 Å². The van der Waals surface area contributed by atoms with Crippen LogP contribution in [0, 0.1) is 11.5 Å². The monoisotopic (exact) mass is 226 g/mol. The quantitative estimate of drug-likeness (QED) is 0.478. The molecule has 1 amide bonds. The lowest BCUT2D eigenvalue weighted by Gasteiger charge is -2.03. The van der Waals surface area contributed by atoms with Crippen molar-refractivity contribution < 1.29 is 4.79 Å². The van der Waals surface area contributed by atoms with Crippen molar-refractivity contribution >= 4 is 29.3 Å². The van der Waals surface area contributed by atoms with E-state index in [-0.39, 0.29) is 0 Å². The number of carbonyl (C=O) groups is 1. The summed E-state index contributed by atoms with van der Waals surface area (Å²) in [5.74, 6) is -0.478. The summed E-state index contributed by atoms with van der Waals surface area (Å²) in [6, 6.07) is 5.11. The molecule has 72 valence electrons. The second-order valence-corrected chi connectivity index (χ2v) is 3.70. The summed E-state index contributed by atoms with van der Waals surface area (Å²) < 4.78 is 0. The van der Waals surface area contributed by atoms with Gasteiger partial charge >= 0.3 is 0 Å². The Kier molecular flexibility index (Phi) is 3.81. The molecule has 0 aromatic heterocycles. The van der Waals surface area contributed by atoms with Gasteiger partial charge in [-0.1, -0.05) is 11.6 Å². The average molecular weight is 227 g/mol. The van der Waals surface area contributed by atoms with Crippen molar-refractivity contribution in [2.24, 2.45) is 0 Å². The number of nitrogens with one attached hydrogen (secondary N) is 1. The molecule has 5 heteroatoms. The number of carbonyl (C=O) groups excluding carboxylic acids is 1. The standard InChI is InChI=1S/C9H7ClN2OS/c1-14-6-2-3-8(10)7(4-6)9(13)12-5-11/h2-4H,1H3,(H,12,13). The van der Waals surface area contributed by atoms with E-state index in [9.17, 15) is 4.79 Å². The Morgan fingerprint density at radius 3 is 2.93 bits per heavy atom. The van der Waals surface area contributed by atoms with E-state index in [1.807, 2.05) is 17.6 Å². The highest BCUT2D eigenvalue weighted by atomic mass is 35.5. The van der Waals surface area contributed by atoms with E-state index in [2.05, 4.69) is 0 Å². The maximum atomic E-state index is 11.3. The van der Waals surface area contributed by atoms with Crippen LogP contribution in [0.5, 0.6) is 0 Å². The van der Waals surface area contributed by atoms with Crippen LogP contribution in [0.2, 0.25) is 5.02 Å². The third kappa shape index (κ3) is 2.41. The van der Waals surface area contributed by atoms with Crippen LogP contribution in [0.25, 0.3) is 0 Å². The minimum atomic E-state index is -0.478. The maximum Gasteiger partial charge on any atom is 0.265 e. The fourth-order valence-corrected chi connectivity index (χ4v) is 1.57. The fourth-order valence-electron chi connectivity index (χ4n) is 0.923. The molecule has 0 radical (unpaired) electrons. The van der Waals surface area contributed by atoms with Crippen molar-refractivity contribution in [2.45, 2.75) is 4.90 Å². The molecule has 3 nitrogen and oxygen atoms in total. The molecule has 1 N–H and O–H groups in total. The van der Waals surface area contributed by atoms with E-state index in [4.69, 9.17) is 16.9 Å². The Balaban J connectivity index is 3.07. The number of halogens is 1. The zero-order valence-electron chi connectivity index (χ0n) is 7.37. The van der Waals surface area contributed by atoms with Gasteiger partial charge in [0.25, 0.3) is 5.91 Å². The van der Waals surface area contributed by atoms with Crippen molar-refractivity contribution in [1.82, 2.24) is 5.32 Å². The van der Waals surface area contributed by atoms with Crippen LogP contribution < -0.4 is 5.32 Å². The van der Waals surface area contributed by atoms with Crippen molar-refractivity contribution in [3.63, 3.8) is 0 Å². The first-order valence-electron chi connectivity index (χ1n) is 3.72. The molecule has 0 unspecified atom stereocenters. The lowest BCUT2D eigenvalue weighted by Crippen LogP contribution is -2.17. The van der Waals surface area contributed by atoms with Gasteiger partial charge in [0.15, 0.2) is 6.19 Å². The van der Waals surface area contributed by atoms with Gasteiger partial charge in [0.2, 0.25) is 0 Å². The Morgan fingerprint density at radius 2 is 2.36 bits per heavy atom. The topological polar surface area (TPSA) is 52.9 Å². The molecule has 0 saturated heterocycles. The van der Waals surface area contributed by atoms with Crippen LogP contribution in [-0.2, 0) is 0 Å². The Labute approximate surface area is 91.1 Å².